The Hall–Kier alpha value is -1.31. The van der Waals surface area contributed by atoms with E-state index in [1.807, 2.05) is 26.0 Å². The maximum Gasteiger partial charge on any atom is 0.125 e. The second-order valence-electron chi connectivity index (χ2n) is 5.33. The fourth-order valence-electron chi connectivity index (χ4n) is 2.47. The number of aromatic hydroxyl groups is 1. The predicted octanol–water partition coefficient (Wildman–Crippen LogP) is 2.72. The summed E-state index contributed by atoms with van der Waals surface area (Å²) in [5, 5.41) is 9.46. The zero-order chi connectivity index (χ0) is 11.8. The van der Waals surface area contributed by atoms with Crippen molar-refractivity contribution in [2.45, 2.75) is 33.1 Å². The van der Waals surface area contributed by atoms with Crippen LogP contribution >= 0.6 is 0 Å². The molecular formula is C14H18O2. The van der Waals surface area contributed by atoms with Gasteiger partial charge in [0.25, 0.3) is 0 Å². The minimum Gasteiger partial charge on any atom is -0.508 e. The molecule has 0 spiro atoms. The Morgan fingerprint density at radius 3 is 2.81 bits per heavy atom. The van der Waals surface area contributed by atoms with Gasteiger partial charge in [0.2, 0.25) is 0 Å². The van der Waals surface area contributed by atoms with Gasteiger partial charge in [0, 0.05) is 5.41 Å². The molecule has 2 rings (SSSR count). The van der Waals surface area contributed by atoms with Gasteiger partial charge in [0.1, 0.15) is 12.0 Å². The van der Waals surface area contributed by atoms with E-state index >= 15 is 0 Å². The molecule has 2 nitrogen and oxygen atoms in total. The van der Waals surface area contributed by atoms with Gasteiger partial charge >= 0.3 is 0 Å². The summed E-state index contributed by atoms with van der Waals surface area (Å²) in [6.45, 7) is 4.00. The summed E-state index contributed by atoms with van der Waals surface area (Å²) >= 11 is 0. The highest BCUT2D eigenvalue weighted by molar-refractivity contribution is 5.59. The quantitative estimate of drug-likeness (QED) is 0.775. The van der Waals surface area contributed by atoms with Crippen LogP contribution in [0.5, 0.6) is 5.75 Å². The highest BCUT2D eigenvalue weighted by Gasteiger charge is 2.32. The molecule has 1 aliphatic rings. The van der Waals surface area contributed by atoms with Crippen LogP contribution < -0.4 is 0 Å². The Bertz CT molecular complexity index is 407. The Balaban J connectivity index is 2.26. The van der Waals surface area contributed by atoms with E-state index in [-0.39, 0.29) is 5.41 Å². The molecule has 0 radical (unpaired) electrons. The lowest BCUT2D eigenvalue weighted by Crippen LogP contribution is -2.30. The van der Waals surface area contributed by atoms with E-state index in [1.54, 1.807) is 6.07 Å². The Morgan fingerprint density at radius 2 is 2.12 bits per heavy atom. The lowest BCUT2D eigenvalue weighted by molar-refractivity contribution is -0.117. The highest BCUT2D eigenvalue weighted by atomic mass is 16.3. The van der Waals surface area contributed by atoms with Crippen LogP contribution in [0.4, 0.5) is 0 Å². The molecule has 2 heteroatoms. The molecule has 1 aliphatic carbocycles. The van der Waals surface area contributed by atoms with Crippen molar-refractivity contribution >= 4 is 6.29 Å². The lowest BCUT2D eigenvalue weighted by atomic mass is 9.70. The molecule has 0 saturated carbocycles. The second-order valence-corrected chi connectivity index (χ2v) is 5.33. The summed E-state index contributed by atoms with van der Waals surface area (Å²) in [5.74, 6) is 0.711. The van der Waals surface area contributed by atoms with Crippen LogP contribution in [0.2, 0.25) is 0 Å². The smallest absolute Gasteiger partial charge is 0.125 e. The minimum atomic E-state index is -0.261. The van der Waals surface area contributed by atoms with Crippen molar-refractivity contribution in [3.63, 3.8) is 0 Å². The van der Waals surface area contributed by atoms with Crippen LogP contribution in [0.1, 0.15) is 31.4 Å². The first kappa shape index (κ1) is 11.2. The summed E-state index contributed by atoms with van der Waals surface area (Å²) in [5.41, 5.74) is 2.25. The van der Waals surface area contributed by atoms with E-state index in [0.29, 0.717) is 11.7 Å². The van der Waals surface area contributed by atoms with Crippen LogP contribution in [0.15, 0.2) is 18.2 Å². The highest BCUT2D eigenvalue weighted by Crippen LogP contribution is 2.37. The van der Waals surface area contributed by atoms with Gasteiger partial charge in [-0.05, 0) is 48.4 Å². The molecule has 0 fully saturated rings. The molecular weight excluding hydrogens is 200 g/mol. The van der Waals surface area contributed by atoms with E-state index in [4.69, 9.17) is 0 Å². The van der Waals surface area contributed by atoms with Gasteiger partial charge in [-0.15, -0.1) is 0 Å². The number of fused-ring (bicyclic) bond motifs is 1. The molecule has 0 bridgehead atoms. The number of aryl methyl sites for hydroxylation is 1. The monoisotopic (exact) mass is 218 g/mol. The fraction of sp³-hybridized carbons (Fsp3) is 0.500. The number of phenolic OH excluding ortho intramolecular Hbond substituents is 1. The van der Waals surface area contributed by atoms with Crippen LogP contribution in [0.3, 0.4) is 0 Å². The van der Waals surface area contributed by atoms with Gasteiger partial charge in [-0.2, -0.15) is 0 Å². The number of hydrogen-bond donors (Lipinski definition) is 1. The number of benzene rings is 1. The minimum absolute atomic E-state index is 0.261. The van der Waals surface area contributed by atoms with Crippen molar-refractivity contribution in [1.82, 2.24) is 0 Å². The molecule has 1 N–H and O–H groups in total. The molecule has 16 heavy (non-hydrogen) atoms. The van der Waals surface area contributed by atoms with E-state index in [9.17, 15) is 9.90 Å². The molecule has 1 unspecified atom stereocenters. The topological polar surface area (TPSA) is 37.3 Å². The summed E-state index contributed by atoms with van der Waals surface area (Å²) in [6.07, 6.45) is 4.03. The predicted molar refractivity (Wildman–Crippen MR) is 63.5 cm³/mol. The van der Waals surface area contributed by atoms with E-state index in [2.05, 4.69) is 0 Å². The van der Waals surface area contributed by atoms with Crippen LogP contribution in [0.25, 0.3) is 0 Å². The number of phenols is 1. The van der Waals surface area contributed by atoms with Crippen molar-refractivity contribution in [3.05, 3.63) is 29.3 Å². The first-order valence-electron chi connectivity index (χ1n) is 5.80. The van der Waals surface area contributed by atoms with Gasteiger partial charge in [-0.1, -0.05) is 19.9 Å². The number of rotatable bonds is 2. The second kappa shape index (κ2) is 3.93. The molecule has 1 aromatic rings. The van der Waals surface area contributed by atoms with E-state index in [1.165, 1.54) is 11.1 Å². The van der Waals surface area contributed by atoms with Crippen molar-refractivity contribution < 1.29 is 9.90 Å². The lowest BCUT2D eigenvalue weighted by Gasteiger charge is -2.33. The van der Waals surface area contributed by atoms with Gasteiger partial charge in [0.15, 0.2) is 0 Å². The first-order valence-corrected chi connectivity index (χ1v) is 5.80. The maximum atomic E-state index is 11.1. The largest absolute Gasteiger partial charge is 0.508 e. The molecule has 0 saturated heterocycles. The van der Waals surface area contributed by atoms with Gasteiger partial charge < -0.3 is 9.90 Å². The summed E-state index contributed by atoms with van der Waals surface area (Å²) in [7, 11) is 0. The summed E-state index contributed by atoms with van der Waals surface area (Å²) in [6, 6.07) is 5.57. The van der Waals surface area contributed by atoms with Crippen LogP contribution in [0, 0.1) is 11.3 Å². The number of carbonyl (C=O) groups excluding carboxylic acids is 1. The Labute approximate surface area is 96.3 Å². The van der Waals surface area contributed by atoms with Crippen LogP contribution in [-0.2, 0) is 17.6 Å². The molecule has 0 amide bonds. The van der Waals surface area contributed by atoms with Crippen molar-refractivity contribution in [2.24, 2.45) is 11.3 Å². The molecule has 1 aromatic carbocycles. The average Bonchev–Trinajstić information content (AvgIpc) is 2.28. The Morgan fingerprint density at radius 1 is 1.38 bits per heavy atom. The fourth-order valence-corrected chi connectivity index (χ4v) is 2.47. The van der Waals surface area contributed by atoms with Crippen molar-refractivity contribution in [3.8, 4) is 5.75 Å². The van der Waals surface area contributed by atoms with Gasteiger partial charge in [-0.3, -0.25) is 0 Å². The van der Waals surface area contributed by atoms with Crippen molar-refractivity contribution in [1.29, 1.82) is 0 Å². The average molecular weight is 218 g/mol. The third kappa shape index (κ3) is 1.97. The Kier molecular flexibility index (Phi) is 2.75. The van der Waals surface area contributed by atoms with E-state index < -0.39 is 0 Å². The molecule has 0 aliphatic heterocycles. The SMILES string of the molecule is CC(C)(C=O)C1CCc2ccc(O)cc2C1. The molecule has 1 atom stereocenters. The maximum absolute atomic E-state index is 11.1. The van der Waals surface area contributed by atoms with E-state index in [0.717, 1.165) is 25.5 Å². The standard InChI is InChI=1S/C14H18O2/c1-14(2,9-15)12-5-3-10-4-6-13(16)8-11(10)7-12/h4,6,8-9,12,16H,3,5,7H2,1-2H3. The third-order valence-electron chi connectivity index (χ3n) is 3.77. The van der Waals surface area contributed by atoms with Crippen LogP contribution in [-0.4, -0.2) is 11.4 Å². The first-order chi connectivity index (χ1) is 7.53. The molecule has 0 aromatic heterocycles. The summed E-state index contributed by atoms with van der Waals surface area (Å²) < 4.78 is 0. The van der Waals surface area contributed by atoms with Crippen molar-refractivity contribution in [2.75, 3.05) is 0 Å². The zero-order valence-electron chi connectivity index (χ0n) is 9.86. The van der Waals surface area contributed by atoms with Gasteiger partial charge in [0.05, 0.1) is 0 Å². The summed E-state index contributed by atoms with van der Waals surface area (Å²) in [4.78, 5) is 11.1. The number of aldehydes is 1. The third-order valence-corrected chi connectivity index (χ3v) is 3.77. The zero-order valence-corrected chi connectivity index (χ0v) is 9.86. The number of hydrogen-bond acceptors (Lipinski definition) is 2. The number of carbonyl (C=O) groups is 1. The molecule has 86 valence electrons. The normalized spacial score (nSPS) is 20.2. The molecule has 0 heterocycles. The van der Waals surface area contributed by atoms with Gasteiger partial charge in [-0.25, -0.2) is 0 Å².